The van der Waals surface area contributed by atoms with Crippen molar-refractivity contribution in [2.24, 2.45) is 4.99 Å². The zero-order valence-corrected chi connectivity index (χ0v) is 8.62. The smallest absolute Gasteiger partial charge is 0.211 e. The lowest BCUT2D eigenvalue weighted by atomic mass is 10.2. The topological polar surface area (TPSA) is 29.4 Å². The van der Waals surface area contributed by atoms with Crippen LogP contribution in [0.3, 0.4) is 0 Å². The molecular formula is C8H4Cl3NO. The Morgan fingerprint density at radius 3 is 2.62 bits per heavy atom. The van der Waals surface area contributed by atoms with Crippen LogP contribution in [0, 0.1) is 0 Å². The highest BCUT2D eigenvalue weighted by molar-refractivity contribution is 6.36. The number of hydrogen-bond donors (Lipinski definition) is 0. The van der Waals surface area contributed by atoms with E-state index >= 15 is 0 Å². The molecule has 0 amide bonds. The maximum atomic E-state index is 10.1. The molecular weight excluding hydrogens is 232 g/mol. The van der Waals surface area contributed by atoms with Crippen LogP contribution >= 0.6 is 34.8 Å². The molecule has 0 saturated carbocycles. The Balaban J connectivity index is 3.37. The highest BCUT2D eigenvalue weighted by Gasteiger charge is 2.07. The summed E-state index contributed by atoms with van der Waals surface area (Å²) in [5.74, 6) is 0.195. The lowest BCUT2D eigenvalue weighted by molar-refractivity contribution is 0.565. The quantitative estimate of drug-likeness (QED) is 0.437. The molecule has 1 aromatic rings. The van der Waals surface area contributed by atoms with E-state index in [1.165, 1.54) is 12.1 Å². The second kappa shape index (κ2) is 4.64. The molecule has 13 heavy (non-hydrogen) atoms. The van der Waals surface area contributed by atoms with Gasteiger partial charge in [0.15, 0.2) is 0 Å². The van der Waals surface area contributed by atoms with Crippen molar-refractivity contribution in [1.82, 2.24) is 0 Å². The second-order valence-corrected chi connectivity index (χ2v) is 3.34. The van der Waals surface area contributed by atoms with Gasteiger partial charge in [0.25, 0.3) is 0 Å². The van der Waals surface area contributed by atoms with Crippen LogP contribution in [0.1, 0.15) is 5.56 Å². The summed E-state index contributed by atoms with van der Waals surface area (Å²) in [5.41, 5.74) is 0.943. The summed E-state index contributed by atoms with van der Waals surface area (Å²) in [6.07, 6.45) is 1.41. The van der Waals surface area contributed by atoms with Crippen LogP contribution in [0.4, 0.5) is 5.69 Å². The number of aliphatic imine (C=N–C) groups is 1. The van der Waals surface area contributed by atoms with Gasteiger partial charge in [-0.3, -0.25) is 0 Å². The molecule has 0 heterocycles. The van der Waals surface area contributed by atoms with Crippen molar-refractivity contribution < 1.29 is 4.79 Å². The zero-order chi connectivity index (χ0) is 9.84. The van der Waals surface area contributed by atoms with Crippen LogP contribution in [-0.2, 0) is 10.7 Å². The van der Waals surface area contributed by atoms with E-state index in [4.69, 9.17) is 34.8 Å². The zero-order valence-electron chi connectivity index (χ0n) is 6.35. The van der Waals surface area contributed by atoms with Crippen LogP contribution in [-0.4, -0.2) is 6.08 Å². The maximum Gasteiger partial charge on any atom is 0.240 e. The van der Waals surface area contributed by atoms with E-state index in [-0.39, 0.29) is 5.88 Å². The minimum Gasteiger partial charge on any atom is -0.211 e. The van der Waals surface area contributed by atoms with Crippen molar-refractivity contribution in [2.45, 2.75) is 5.88 Å². The molecule has 0 spiro atoms. The van der Waals surface area contributed by atoms with Crippen LogP contribution < -0.4 is 0 Å². The summed E-state index contributed by atoms with van der Waals surface area (Å²) in [4.78, 5) is 13.5. The number of alkyl halides is 1. The van der Waals surface area contributed by atoms with Crippen molar-refractivity contribution in [3.05, 3.63) is 27.7 Å². The van der Waals surface area contributed by atoms with Gasteiger partial charge >= 0.3 is 0 Å². The molecule has 0 saturated heterocycles. The number of hydrogen-bond acceptors (Lipinski definition) is 2. The highest BCUT2D eigenvalue weighted by atomic mass is 35.5. The van der Waals surface area contributed by atoms with Crippen molar-refractivity contribution in [2.75, 3.05) is 0 Å². The molecule has 2 nitrogen and oxygen atoms in total. The minimum atomic E-state index is 0.195. The summed E-state index contributed by atoms with van der Waals surface area (Å²) in [5, 5.41) is 0.761. The van der Waals surface area contributed by atoms with Crippen molar-refractivity contribution in [3.63, 3.8) is 0 Å². The Bertz CT molecular complexity index is 372. The van der Waals surface area contributed by atoms with E-state index in [0.717, 1.165) is 0 Å². The number of rotatable bonds is 2. The Kier molecular flexibility index (Phi) is 3.76. The van der Waals surface area contributed by atoms with E-state index < -0.39 is 0 Å². The largest absolute Gasteiger partial charge is 0.240 e. The summed E-state index contributed by atoms with van der Waals surface area (Å²) in [6, 6.07) is 3.10. The molecule has 5 heteroatoms. The lowest BCUT2D eigenvalue weighted by Crippen LogP contribution is -1.81. The van der Waals surface area contributed by atoms with Crippen LogP contribution in [0.25, 0.3) is 0 Å². The lowest BCUT2D eigenvalue weighted by Gasteiger charge is -2.03. The molecule has 1 aromatic carbocycles. The molecule has 0 radical (unpaired) electrons. The number of carbonyl (C=O) groups excluding carboxylic acids is 1. The predicted molar refractivity (Wildman–Crippen MR) is 53.8 cm³/mol. The van der Waals surface area contributed by atoms with Gasteiger partial charge in [-0.1, -0.05) is 23.2 Å². The minimum absolute atomic E-state index is 0.195. The first kappa shape index (κ1) is 10.6. The first-order valence-electron chi connectivity index (χ1n) is 3.30. The van der Waals surface area contributed by atoms with Crippen molar-refractivity contribution in [1.29, 1.82) is 0 Å². The fraction of sp³-hybridized carbons (Fsp3) is 0.125. The third-order valence-corrected chi connectivity index (χ3v) is 2.20. The van der Waals surface area contributed by atoms with Gasteiger partial charge in [-0.2, -0.15) is 4.99 Å². The summed E-state index contributed by atoms with van der Waals surface area (Å²) < 4.78 is 0. The van der Waals surface area contributed by atoms with Gasteiger partial charge in [-0.25, -0.2) is 4.79 Å². The summed E-state index contributed by atoms with van der Waals surface area (Å²) >= 11 is 17.1. The predicted octanol–water partition coefficient (Wildman–Crippen LogP) is 3.70. The number of isocyanates is 1. The van der Waals surface area contributed by atoms with E-state index in [1.807, 2.05) is 0 Å². The molecule has 0 bridgehead atoms. The second-order valence-electron chi connectivity index (χ2n) is 2.23. The van der Waals surface area contributed by atoms with Crippen molar-refractivity contribution >= 4 is 46.6 Å². The Labute approximate surface area is 90.1 Å². The van der Waals surface area contributed by atoms with E-state index in [2.05, 4.69) is 4.99 Å². The molecule has 0 fully saturated rings. The molecule has 0 N–H and O–H groups in total. The van der Waals surface area contributed by atoms with Crippen molar-refractivity contribution in [3.8, 4) is 0 Å². The third kappa shape index (κ3) is 2.45. The Morgan fingerprint density at radius 2 is 2.08 bits per heavy atom. The fourth-order valence-electron chi connectivity index (χ4n) is 0.892. The van der Waals surface area contributed by atoms with Gasteiger partial charge in [0.2, 0.25) is 6.08 Å². The van der Waals surface area contributed by atoms with Gasteiger partial charge in [0.05, 0.1) is 10.7 Å². The molecule has 0 unspecified atom stereocenters. The van der Waals surface area contributed by atoms with Gasteiger partial charge in [0, 0.05) is 10.9 Å². The first-order valence-corrected chi connectivity index (χ1v) is 4.60. The molecule has 68 valence electrons. The summed E-state index contributed by atoms with van der Waals surface area (Å²) in [6.45, 7) is 0. The molecule has 0 aromatic heterocycles. The standard InChI is InChI=1S/C8H4Cl3NO/c9-3-5-1-6(10)2-7(11)8(5)12-4-13/h1-2H,3H2. The van der Waals surface area contributed by atoms with Gasteiger partial charge in [-0.15, -0.1) is 11.6 Å². The number of nitrogens with zero attached hydrogens (tertiary/aromatic N) is 1. The Hall–Kier alpha value is -0.530. The van der Waals surface area contributed by atoms with Gasteiger partial charge < -0.3 is 0 Å². The Morgan fingerprint density at radius 1 is 1.38 bits per heavy atom. The van der Waals surface area contributed by atoms with Gasteiger partial charge in [0.1, 0.15) is 0 Å². The van der Waals surface area contributed by atoms with E-state index in [0.29, 0.717) is 21.3 Å². The molecule has 0 aliphatic heterocycles. The SMILES string of the molecule is O=C=Nc1c(Cl)cc(Cl)cc1CCl. The van der Waals surface area contributed by atoms with E-state index in [9.17, 15) is 4.79 Å². The normalized spacial score (nSPS) is 9.46. The number of halogens is 3. The third-order valence-electron chi connectivity index (χ3n) is 1.41. The van der Waals surface area contributed by atoms with Crippen LogP contribution in [0.5, 0.6) is 0 Å². The molecule has 0 aliphatic carbocycles. The van der Waals surface area contributed by atoms with E-state index in [1.54, 1.807) is 6.07 Å². The van der Waals surface area contributed by atoms with Crippen LogP contribution in [0.15, 0.2) is 17.1 Å². The average Bonchev–Trinajstić information content (AvgIpc) is 2.09. The average molecular weight is 236 g/mol. The molecule has 1 rings (SSSR count). The maximum absolute atomic E-state index is 10.1. The van der Waals surface area contributed by atoms with Crippen LogP contribution in [0.2, 0.25) is 10.0 Å². The molecule has 0 aliphatic rings. The molecule has 0 atom stereocenters. The first-order chi connectivity index (χ1) is 6.19. The fourth-order valence-corrected chi connectivity index (χ4v) is 1.67. The number of benzene rings is 1. The monoisotopic (exact) mass is 235 g/mol. The summed E-state index contributed by atoms with van der Waals surface area (Å²) in [7, 11) is 0. The highest BCUT2D eigenvalue weighted by Crippen LogP contribution is 2.33. The van der Waals surface area contributed by atoms with Gasteiger partial charge in [-0.05, 0) is 17.7 Å².